The van der Waals surface area contributed by atoms with Gasteiger partial charge in [-0.1, -0.05) is 0 Å². The number of alkyl halides is 2. The zero-order valence-corrected chi connectivity index (χ0v) is 9.97. The van der Waals surface area contributed by atoms with Crippen molar-refractivity contribution >= 4 is 11.9 Å². The molecule has 0 aliphatic heterocycles. The van der Waals surface area contributed by atoms with Crippen molar-refractivity contribution in [3.8, 4) is 0 Å². The second-order valence-corrected chi connectivity index (χ2v) is 1.67. The van der Waals surface area contributed by atoms with Gasteiger partial charge in [-0.05, 0) is 0 Å². The minimum absolute atomic E-state index is 0. The van der Waals surface area contributed by atoms with Crippen molar-refractivity contribution in [2.45, 2.75) is 12.8 Å². The van der Waals surface area contributed by atoms with Gasteiger partial charge < -0.3 is 10.2 Å². The van der Waals surface area contributed by atoms with E-state index in [1.165, 1.54) is 0 Å². The average molecular weight is 250 g/mol. The number of aliphatic carboxylic acids is 2. The molecule has 0 aromatic carbocycles. The van der Waals surface area contributed by atoms with Crippen LogP contribution in [0.5, 0.6) is 0 Å². The first-order valence-corrected chi connectivity index (χ1v) is 3.10. The van der Waals surface area contributed by atoms with Crippen LogP contribution in [0.15, 0.2) is 0 Å². The molecule has 0 spiro atoms. The Morgan fingerprint density at radius 3 is 1.15 bits per heavy atom. The summed E-state index contributed by atoms with van der Waals surface area (Å²) in [4.78, 5) is 18.7. The van der Waals surface area contributed by atoms with Crippen LogP contribution in [0.2, 0.25) is 0 Å². The topological polar surface area (TPSA) is 74.6 Å². The maximum atomic E-state index is 10.9. The third-order valence-corrected chi connectivity index (χ3v) is 0.617. The van der Waals surface area contributed by atoms with Gasteiger partial charge in [-0.25, -0.2) is 0 Å². The van der Waals surface area contributed by atoms with E-state index in [9.17, 15) is 18.4 Å². The molecule has 0 saturated carbocycles. The average Bonchev–Trinajstić information content (AvgIpc) is 1.87. The minimum Gasteiger partial charge on any atom is -0.481 e. The third kappa shape index (κ3) is 34.5. The summed E-state index contributed by atoms with van der Waals surface area (Å²) in [5, 5.41) is 15.3. The zero-order chi connectivity index (χ0) is 9.98. The Labute approximate surface area is 86.7 Å². The van der Waals surface area contributed by atoms with Crippen molar-refractivity contribution in [2.75, 3.05) is 13.3 Å². The molecule has 7 heteroatoms. The quantitative estimate of drug-likeness (QED) is 0.725. The fraction of sp³-hybridized carbons (Fsp3) is 0.667. The number of rotatable bonds is 4. The fourth-order valence-electron chi connectivity index (χ4n) is 0.162. The molecule has 74 valence electrons. The van der Waals surface area contributed by atoms with Crippen molar-refractivity contribution in [1.82, 2.24) is 0 Å². The smallest absolute Gasteiger partial charge is 0.305 e. The van der Waals surface area contributed by atoms with Crippen LogP contribution in [0.4, 0.5) is 8.78 Å². The van der Waals surface area contributed by atoms with Crippen LogP contribution in [0.3, 0.4) is 0 Å². The van der Waals surface area contributed by atoms with Gasteiger partial charge >= 0.3 is 11.9 Å². The predicted octanol–water partition coefficient (Wildman–Crippen LogP) is 0.859. The molecule has 0 unspecified atom stereocenters. The van der Waals surface area contributed by atoms with Gasteiger partial charge in [0.1, 0.15) is 0 Å². The third-order valence-electron chi connectivity index (χ3n) is 0.617. The molecule has 0 saturated heterocycles. The summed E-state index contributed by atoms with van der Waals surface area (Å²) < 4.78 is 21.7. The molecule has 13 heavy (non-hydrogen) atoms. The van der Waals surface area contributed by atoms with Crippen molar-refractivity contribution in [3.63, 3.8) is 0 Å². The molecule has 0 aliphatic carbocycles. The Morgan fingerprint density at radius 2 is 1.15 bits per heavy atom. The van der Waals surface area contributed by atoms with E-state index in [1.807, 2.05) is 0 Å². The summed E-state index contributed by atoms with van der Waals surface area (Å²) in [5.41, 5.74) is 0. The summed E-state index contributed by atoms with van der Waals surface area (Å²) in [6.07, 6.45) is -0.750. The predicted molar refractivity (Wildman–Crippen MR) is 36.5 cm³/mol. The Bertz CT molecular complexity index is 127. The Kier molecular flexibility index (Phi) is 19.6. The molecule has 4 nitrogen and oxygen atoms in total. The van der Waals surface area contributed by atoms with E-state index < -0.39 is 25.3 Å². The van der Waals surface area contributed by atoms with E-state index in [1.54, 1.807) is 0 Å². The largest absolute Gasteiger partial charge is 0.481 e. The van der Waals surface area contributed by atoms with Gasteiger partial charge in [0.15, 0.2) is 0 Å². The molecule has 0 fully saturated rings. The van der Waals surface area contributed by atoms with Crippen molar-refractivity contribution in [3.05, 3.63) is 0 Å². The Hall–Kier alpha value is -0.577. The molecule has 0 rings (SSSR count). The normalized spacial score (nSPS) is 7.54. The van der Waals surface area contributed by atoms with Crippen LogP contribution in [0.1, 0.15) is 12.8 Å². The SMILES string of the molecule is O=C(O)CCF.O=C(O)CCF.[Zn]. The number of halogens is 2. The van der Waals surface area contributed by atoms with Gasteiger partial charge in [0, 0.05) is 19.5 Å². The molecular weight excluding hydrogens is 239 g/mol. The summed E-state index contributed by atoms with van der Waals surface area (Å²) in [6, 6.07) is 0. The van der Waals surface area contributed by atoms with E-state index in [-0.39, 0.29) is 32.3 Å². The molecule has 0 atom stereocenters. The molecular formula is C6H10F2O4Zn. The molecule has 0 radical (unpaired) electrons. The first-order chi connectivity index (χ1) is 5.54. The molecule has 0 aromatic rings. The van der Waals surface area contributed by atoms with Crippen LogP contribution in [-0.2, 0) is 29.1 Å². The summed E-state index contributed by atoms with van der Waals surface area (Å²) in [7, 11) is 0. The van der Waals surface area contributed by atoms with Crippen LogP contribution >= 0.6 is 0 Å². The Morgan fingerprint density at radius 1 is 0.923 bits per heavy atom. The summed E-state index contributed by atoms with van der Waals surface area (Å²) in [5.74, 6) is -2.17. The number of carboxylic acid groups (broad SMARTS) is 2. The zero-order valence-electron chi connectivity index (χ0n) is 7.00. The number of carboxylic acids is 2. The van der Waals surface area contributed by atoms with Gasteiger partial charge in [0.05, 0.1) is 26.2 Å². The molecule has 2 N–H and O–H groups in total. The van der Waals surface area contributed by atoms with E-state index in [4.69, 9.17) is 10.2 Å². The summed E-state index contributed by atoms with van der Waals surface area (Å²) in [6.45, 7) is -1.54. The first-order valence-electron chi connectivity index (χ1n) is 3.10. The van der Waals surface area contributed by atoms with Gasteiger partial charge in [-0.3, -0.25) is 18.4 Å². The minimum atomic E-state index is -1.09. The molecule has 0 bridgehead atoms. The van der Waals surface area contributed by atoms with Crippen LogP contribution in [-0.4, -0.2) is 35.5 Å². The number of hydrogen-bond acceptors (Lipinski definition) is 2. The van der Waals surface area contributed by atoms with Crippen molar-refractivity contribution in [2.24, 2.45) is 0 Å². The van der Waals surface area contributed by atoms with Crippen LogP contribution in [0, 0.1) is 0 Å². The van der Waals surface area contributed by atoms with Gasteiger partial charge in [-0.15, -0.1) is 0 Å². The summed E-state index contributed by atoms with van der Waals surface area (Å²) >= 11 is 0. The first kappa shape index (κ1) is 18.3. The number of hydrogen-bond donors (Lipinski definition) is 2. The van der Waals surface area contributed by atoms with Crippen LogP contribution in [0.25, 0.3) is 0 Å². The van der Waals surface area contributed by atoms with E-state index in [2.05, 4.69) is 0 Å². The van der Waals surface area contributed by atoms with Crippen molar-refractivity contribution in [1.29, 1.82) is 0 Å². The van der Waals surface area contributed by atoms with E-state index in [0.29, 0.717) is 0 Å². The second-order valence-electron chi connectivity index (χ2n) is 1.67. The fourth-order valence-corrected chi connectivity index (χ4v) is 0.162. The van der Waals surface area contributed by atoms with E-state index >= 15 is 0 Å². The molecule has 0 aromatic heterocycles. The van der Waals surface area contributed by atoms with E-state index in [0.717, 1.165) is 0 Å². The van der Waals surface area contributed by atoms with Gasteiger partial charge in [0.2, 0.25) is 0 Å². The molecule has 0 heterocycles. The molecule has 0 amide bonds. The standard InChI is InChI=1S/2C3H5FO2.Zn/c2*4-2-1-3(5)6;/h2*1-2H2,(H,5,6);. The molecule has 0 aliphatic rings. The maximum absolute atomic E-state index is 10.9. The second kappa shape index (κ2) is 14.0. The van der Waals surface area contributed by atoms with Gasteiger partial charge in [-0.2, -0.15) is 0 Å². The van der Waals surface area contributed by atoms with Gasteiger partial charge in [0.25, 0.3) is 0 Å². The van der Waals surface area contributed by atoms with Crippen LogP contribution < -0.4 is 0 Å². The number of carbonyl (C=O) groups is 2. The monoisotopic (exact) mass is 248 g/mol. The maximum Gasteiger partial charge on any atom is 0.305 e. The Balaban J connectivity index is -0.000000143. The van der Waals surface area contributed by atoms with Crippen molar-refractivity contribution < 1.29 is 48.1 Å².